The van der Waals surface area contributed by atoms with Gasteiger partial charge >= 0.3 is 29.6 Å². The fourth-order valence-electron chi connectivity index (χ4n) is 2.93. The molecule has 0 radical (unpaired) electrons. The normalized spacial score (nSPS) is 9.84. The molecule has 1 rings (SSSR count). The minimum Gasteiger partial charge on any atom is -0.343 e. The second kappa shape index (κ2) is 26.4. The summed E-state index contributed by atoms with van der Waals surface area (Å²) < 4.78 is 0. The molecule has 0 fully saturated rings. The van der Waals surface area contributed by atoms with Gasteiger partial charge in [0, 0.05) is 0 Å². The fourth-order valence-corrected chi connectivity index (χ4v) is 2.93. The molecule has 0 nitrogen and oxygen atoms in total. The van der Waals surface area contributed by atoms with Crippen LogP contribution >= 0.6 is 0 Å². The van der Waals surface area contributed by atoms with Gasteiger partial charge in [0.1, 0.15) is 0 Å². The van der Waals surface area contributed by atoms with Crippen molar-refractivity contribution < 1.29 is 29.6 Å². The predicted octanol–water partition coefficient (Wildman–Crippen LogP) is 5.77. The maximum Gasteiger partial charge on any atom is 1.00 e. The van der Waals surface area contributed by atoms with Gasteiger partial charge < -0.3 is 6.92 Å². The molecule has 0 unspecified atom stereocenters. The molecule has 1 heteroatoms. The first-order chi connectivity index (χ1) is 11.9. The molecule has 25 heavy (non-hydrogen) atoms. The number of hydrogen-bond acceptors (Lipinski definition) is 0. The summed E-state index contributed by atoms with van der Waals surface area (Å²) in [6.07, 6.45) is 22.8. The van der Waals surface area contributed by atoms with E-state index in [0.717, 1.165) is 6.42 Å². The molecule has 0 saturated heterocycles. The molecule has 0 saturated carbocycles. The third-order valence-electron chi connectivity index (χ3n) is 4.52. The van der Waals surface area contributed by atoms with Crippen molar-refractivity contribution in [3.05, 3.63) is 43.3 Å². The van der Waals surface area contributed by atoms with E-state index < -0.39 is 0 Å². The molecule has 0 heterocycles. The summed E-state index contributed by atoms with van der Waals surface area (Å²) in [7, 11) is 0. The van der Waals surface area contributed by atoms with Crippen LogP contribution in [0.25, 0.3) is 0 Å². The van der Waals surface area contributed by atoms with Crippen LogP contribution in [0.5, 0.6) is 0 Å². The van der Waals surface area contributed by atoms with E-state index in [1.807, 2.05) is 36.4 Å². The largest absolute Gasteiger partial charge is 1.00 e. The summed E-state index contributed by atoms with van der Waals surface area (Å²) >= 11 is 0. The molecule has 1 aromatic rings. The van der Waals surface area contributed by atoms with Gasteiger partial charge in [-0.05, 0) is 0 Å². The molecule has 0 aliphatic heterocycles. The average Bonchev–Trinajstić information content (AvgIpc) is 2.64. The van der Waals surface area contributed by atoms with Crippen LogP contribution < -0.4 is 29.6 Å². The summed E-state index contributed by atoms with van der Waals surface area (Å²) in [6, 6.07) is 12.0. The smallest absolute Gasteiger partial charge is 0.343 e. The van der Waals surface area contributed by atoms with Gasteiger partial charge in [0.25, 0.3) is 0 Å². The molecular formula is C24H43Na. The van der Waals surface area contributed by atoms with E-state index in [1.54, 1.807) is 0 Å². The van der Waals surface area contributed by atoms with Crippen molar-refractivity contribution in [2.24, 2.45) is 0 Å². The van der Waals surface area contributed by atoms with Crippen molar-refractivity contribution in [2.45, 2.75) is 110 Å². The molecule has 0 aliphatic carbocycles. The Morgan fingerprint density at radius 3 is 0.920 bits per heavy atom. The second-order valence-corrected chi connectivity index (χ2v) is 6.96. The molecule has 0 atom stereocenters. The second-order valence-electron chi connectivity index (χ2n) is 6.96. The number of hydrogen-bond donors (Lipinski definition) is 0. The standard InChI is InChI=1S/C18H37.C6H6.Na/c1-3-5-7-9-11-13-15-17-18-16-14-12-10-8-6-4-2;1-2-4-6-5-3-1;/h1,3-18H2,2H3;1-6H;/q-1;;+1. The van der Waals surface area contributed by atoms with E-state index in [0.29, 0.717) is 0 Å². The maximum atomic E-state index is 3.88. The Hall–Kier alpha value is 0.220. The summed E-state index contributed by atoms with van der Waals surface area (Å²) in [5, 5.41) is 0. The van der Waals surface area contributed by atoms with E-state index in [1.165, 1.54) is 96.3 Å². The number of unbranched alkanes of at least 4 members (excludes halogenated alkanes) is 15. The zero-order valence-electron chi connectivity index (χ0n) is 17.5. The van der Waals surface area contributed by atoms with Gasteiger partial charge in [0.15, 0.2) is 0 Å². The van der Waals surface area contributed by atoms with Crippen molar-refractivity contribution >= 4 is 0 Å². The third kappa shape index (κ3) is 26.6. The maximum absolute atomic E-state index is 3.88. The van der Waals surface area contributed by atoms with E-state index in [2.05, 4.69) is 13.8 Å². The van der Waals surface area contributed by atoms with Gasteiger partial charge in [-0.3, -0.25) is 0 Å². The van der Waals surface area contributed by atoms with Crippen LogP contribution in [0.1, 0.15) is 110 Å². The van der Waals surface area contributed by atoms with E-state index in [-0.39, 0.29) is 29.6 Å². The minimum atomic E-state index is 0. The Morgan fingerprint density at radius 2 is 0.680 bits per heavy atom. The molecule has 0 amide bonds. The quantitative estimate of drug-likeness (QED) is 0.213. The van der Waals surface area contributed by atoms with Gasteiger partial charge in [0.2, 0.25) is 0 Å². The Labute approximate surface area is 181 Å². The molecule has 0 aromatic heterocycles. The van der Waals surface area contributed by atoms with Crippen molar-refractivity contribution in [3.8, 4) is 0 Å². The van der Waals surface area contributed by atoms with E-state index >= 15 is 0 Å². The summed E-state index contributed by atoms with van der Waals surface area (Å²) in [5.41, 5.74) is 0. The zero-order chi connectivity index (χ0) is 17.6. The van der Waals surface area contributed by atoms with Crippen LogP contribution in [0.15, 0.2) is 36.4 Å². The monoisotopic (exact) mass is 354 g/mol. The van der Waals surface area contributed by atoms with E-state index in [9.17, 15) is 0 Å². The van der Waals surface area contributed by atoms with Crippen LogP contribution in [0.4, 0.5) is 0 Å². The van der Waals surface area contributed by atoms with Gasteiger partial charge in [-0.2, -0.15) is 6.42 Å². The van der Waals surface area contributed by atoms with Crippen LogP contribution in [0.3, 0.4) is 0 Å². The molecular weight excluding hydrogens is 311 g/mol. The predicted molar refractivity (Wildman–Crippen MR) is 111 cm³/mol. The third-order valence-corrected chi connectivity index (χ3v) is 4.52. The number of rotatable bonds is 15. The number of benzene rings is 1. The van der Waals surface area contributed by atoms with Gasteiger partial charge in [0.05, 0.1) is 0 Å². The summed E-state index contributed by atoms with van der Waals surface area (Å²) in [4.78, 5) is 0. The molecule has 0 bridgehead atoms. The summed E-state index contributed by atoms with van der Waals surface area (Å²) in [5.74, 6) is 0. The minimum absolute atomic E-state index is 0. The van der Waals surface area contributed by atoms with Crippen molar-refractivity contribution in [1.29, 1.82) is 0 Å². The van der Waals surface area contributed by atoms with Gasteiger partial charge in [-0.15, -0.1) is 0 Å². The Bertz CT molecular complexity index is 254. The first-order valence-corrected chi connectivity index (χ1v) is 10.7. The average molecular weight is 355 g/mol. The SMILES string of the molecule is [CH2-]CCCCCCCCCCCCCCCCC.[Na+].c1ccccc1. The van der Waals surface area contributed by atoms with Gasteiger partial charge in [-0.25, -0.2) is 0 Å². The van der Waals surface area contributed by atoms with Crippen molar-refractivity contribution in [1.82, 2.24) is 0 Å². The van der Waals surface area contributed by atoms with Crippen molar-refractivity contribution in [2.75, 3.05) is 0 Å². The Morgan fingerprint density at radius 1 is 0.440 bits per heavy atom. The molecule has 0 N–H and O–H groups in total. The van der Waals surface area contributed by atoms with E-state index in [4.69, 9.17) is 0 Å². The molecule has 0 spiro atoms. The Balaban J connectivity index is 0. The van der Waals surface area contributed by atoms with Crippen LogP contribution in [0, 0.1) is 6.92 Å². The molecule has 1 aromatic carbocycles. The zero-order valence-corrected chi connectivity index (χ0v) is 19.5. The van der Waals surface area contributed by atoms with Crippen molar-refractivity contribution in [3.63, 3.8) is 0 Å². The molecule has 0 aliphatic rings. The fraction of sp³-hybridized carbons (Fsp3) is 0.708. The van der Waals surface area contributed by atoms with Gasteiger partial charge in [-0.1, -0.05) is 140 Å². The van der Waals surface area contributed by atoms with Crippen LogP contribution in [-0.4, -0.2) is 0 Å². The topological polar surface area (TPSA) is 0 Å². The summed E-state index contributed by atoms with van der Waals surface area (Å²) in [6.45, 7) is 6.18. The first kappa shape index (κ1) is 27.4. The van der Waals surface area contributed by atoms with Crippen LogP contribution in [-0.2, 0) is 0 Å². The molecule has 140 valence electrons. The Kier molecular flexibility index (Phi) is 29.0. The van der Waals surface area contributed by atoms with Crippen LogP contribution in [0.2, 0.25) is 0 Å². The first-order valence-electron chi connectivity index (χ1n) is 10.7.